The second-order valence-corrected chi connectivity index (χ2v) is 3.23. The maximum atomic E-state index is 13.1. The SMILES string of the molecule is CCOC(=O)C(F)(F)C#Cc1ccc(C#N)cc1. The van der Waals surface area contributed by atoms with Crippen molar-refractivity contribution < 1.29 is 18.3 Å². The van der Waals surface area contributed by atoms with Crippen LogP contribution in [0.3, 0.4) is 0 Å². The Balaban J connectivity index is 2.86. The molecule has 0 aliphatic heterocycles. The van der Waals surface area contributed by atoms with E-state index in [0.29, 0.717) is 5.56 Å². The molecule has 0 spiro atoms. The summed E-state index contributed by atoms with van der Waals surface area (Å²) < 4.78 is 30.5. The minimum atomic E-state index is -3.83. The third kappa shape index (κ3) is 3.57. The van der Waals surface area contributed by atoms with Gasteiger partial charge in [-0.05, 0) is 37.1 Å². The van der Waals surface area contributed by atoms with Crippen molar-refractivity contribution in [1.82, 2.24) is 0 Å². The van der Waals surface area contributed by atoms with Gasteiger partial charge in [0.05, 0.1) is 18.2 Å². The van der Waals surface area contributed by atoms with Gasteiger partial charge in [-0.3, -0.25) is 0 Å². The lowest BCUT2D eigenvalue weighted by Gasteiger charge is -2.06. The zero-order chi connectivity index (χ0) is 13.6. The van der Waals surface area contributed by atoms with E-state index in [-0.39, 0.29) is 12.2 Å². The van der Waals surface area contributed by atoms with Crippen LogP contribution < -0.4 is 0 Å². The van der Waals surface area contributed by atoms with Gasteiger partial charge >= 0.3 is 11.9 Å². The second kappa shape index (κ2) is 5.79. The molecule has 0 atom stereocenters. The Bertz CT molecular complexity index is 533. The van der Waals surface area contributed by atoms with E-state index in [1.54, 1.807) is 5.92 Å². The van der Waals surface area contributed by atoms with E-state index >= 15 is 0 Å². The molecule has 3 nitrogen and oxygen atoms in total. The molecule has 0 bridgehead atoms. The van der Waals surface area contributed by atoms with Gasteiger partial charge in [-0.15, -0.1) is 0 Å². The molecule has 0 aliphatic rings. The van der Waals surface area contributed by atoms with Crippen molar-refractivity contribution in [2.45, 2.75) is 12.8 Å². The van der Waals surface area contributed by atoms with Crippen molar-refractivity contribution in [1.29, 1.82) is 5.26 Å². The monoisotopic (exact) mass is 249 g/mol. The summed E-state index contributed by atoms with van der Waals surface area (Å²) in [7, 11) is 0. The summed E-state index contributed by atoms with van der Waals surface area (Å²) in [5, 5.41) is 8.55. The average Bonchev–Trinajstić information content (AvgIpc) is 2.37. The number of carbonyl (C=O) groups excluding carboxylic acids is 1. The van der Waals surface area contributed by atoms with Gasteiger partial charge in [-0.1, -0.05) is 5.92 Å². The van der Waals surface area contributed by atoms with E-state index in [9.17, 15) is 13.6 Å². The standard InChI is InChI=1S/C13H9F2NO2/c1-2-18-12(17)13(14,15)8-7-10-3-5-11(9-16)6-4-10/h3-6H,2H2,1H3. The van der Waals surface area contributed by atoms with Crippen molar-refractivity contribution in [3.8, 4) is 17.9 Å². The molecule has 0 amide bonds. The van der Waals surface area contributed by atoms with Crippen LogP contribution in [0.4, 0.5) is 8.78 Å². The van der Waals surface area contributed by atoms with E-state index in [0.717, 1.165) is 0 Å². The van der Waals surface area contributed by atoms with E-state index in [1.807, 2.05) is 6.07 Å². The number of ether oxygens (including phenoxy) is 1. The lowest BCUT2D eigenvalue weighted by molar-refractivity contribution is -0.163. The predicted molar refractivity (Wildman–Crippen MR) is 59.6 cm³/mol. The van der Waals surface area contributed by atoms with E-state index in [4.69, 9.17) is 5.26 Å². The van der Waals surface area contributed by atoms with Crippen molar-refractivity contribution in [2.75, 3.05) is 6.61 Å². The van der Waals surface area contributed by atoms with Gasteiger partial charge in [0.2, 0.25) is 0 Å². The number of hydrogen-bond donors (Lipinski definition) is 0. The van der Waals surface area contributed by atoms with Crippen LogP contribution in [-0.4, -0.2) is 18.5 Å². The first kappa shape index (κ1) is 13.7. The van der Waals surface area contributed by atoms with Crippen LogP contribution in [0.15, 0.2) is 24.3 Å². The molecule has 1 aromatic carbocycles. The minimum absolute atomic E-state index is 0.132. The van der Waals surface area contributed by atoms with E-state index in [2.05, 4.69) is 10.7 Å². The van der Waals surface area contributed by atoms with Gasteiger partial charge in [0, 0.05) is 5.56 Å². The largest absolute Gasteiger partial charge is 0.461 e. The Kier molecular flexibility index (Phi) is 4.39. The highest BCUT2D eigenvalue weighted by Gasteiger charge is 2.38. The Morgan fingerprint density at radius 2 is 1.89 bits per heavy atom. The van der Waals surface area contributed by atoms with Crippen molar-refractivity contribution in [2.24, 2.45) is 0 Å². The van der Waals surface area contributed by atoms with Crippen molar-refractivity contribution in [3.63, 3.8) is 0 Å². The van der Waals surface area contributed by atoms with E-state index < -0.39 is 11.9 Å². The third-order valence-corrected chi connectivity index (χ3v) is 1.91. The van der Waals surface area contributed by atoms with Gasteiger partial charge in [0.1, 0.15) is 0 Å². The minimum Gasteiger partial charge on any atom is -0.461 e. The zero-order valence-electron chi connectivity index (χ0n) is 9.54. The molecule has 0 aliphatic carbocycles. The number of halogens is 2. The van der Waals surface area contributed by atoms with Crippen LogP contribution in [0.2, 0.25) is 0 Å². The fourth-order valence-electron chi connectivity index (χ4n) is 1.05. The summed E-state index contributed by atoms with van der Waals surface area (Å²) in [6, 6.07) is 7.64. The molecule has 92 valence electrons. The summed E-state index contributed by atoms with van der Waals surface area (Å²) in [5.41, 5.74) is 0.690. The number of nitriles is 1. The third-order valence-electron chi connectivity index (χ3n) is 1.91. The quantitative estimate of drug-likeness (QED) is 0.595. The lowest BCUT2D eigenvalue weighted by Crippen LogP contribution is -2.29. The molecule has 0 N–H and O–H groups in total. The molecule has 0 aromatic heterocycles. The molecule has 0 heterocycles. The van der Waals surface area contributed by atoms with Gasteiger partial charge < -0.3 is 4.74 Å². The topological polar surface area (TPSA) is 50.1 Å². The first-order chi connectivity index (χ1) is 8.49. The molecule has 0 fully saturated rings. The Morgan fingerprint density at radius 1 is 1.33 bits per heavy atom. The van der Waals surface area contributed by atoms with Crippen molar-refractivity contribution in [3.05, 3.63) is 35.4 Å². The fourth-order valence-corrected chi connectivity index (χ4v) is 1.05. The number of hydrogen-bond acceptors (Lipinski definition) is 3. The van der Waals surface area contributed by atoms with Gasteiger partial charge in [0.15, 0.2) is 0 Å². The van der Waals surface area contributed by atoms with Gasteiger partial charge in [-0.25, -0.2) is 4.79 Å². The fraction of sp³-hybridized carbons (Fsp3) is 0.231. The molecular weight excluding hydrogens is 240 g/mol. The summed E-state index contributed by atoms with van der Waals surface area (Å²) in [6.07, 6.45) is 0. The maximum Gasteiger partial charge on any atom is 0.403 e. The molecule has 0 unspecified atom stereocenters. The van der Waals surface area contributed by atoms with Gasteiger partial charge in [0.25, 0.3) is 0 Å². The molecule has 18 heavy (non-hydrogen) atoms. The highest BCUT2D eigenvalue weighted by Crippen LogP contribution is 2.14. The lowest BCUT2D eigenvalue weighted by atomic mass is 10.1. The number of carbonyl (C=O) groups is 1. The number of rotatable bonds is 2. The number of benzene rings is 1. The molecular formula is C13H9F2NO2. The predicted octanol–water partition coefficient (Wildman–Crippen LogP) is 2.11. The van der Waals surface area contributed by atoms with Crippen LogP contribution in [-0.2, 0) is 9.53 Å². The number of esters is 1. The van der Waals surface area contributed by atoms with Crippen LogP contribution in [0, 0.1) is 23.2 Å². The highest BCUT2D eigenvalue weighted by molar-refractivity contribution is 5.81. The smallest absolute Gasteiger partial charge is 0.403 e. The first-order valence-corrected chi connectivity index (χ1v) is 5.08. The molecule has 5 heteroatoms. The van der Waals surface area contributed by atoms with Crippen LogP contribution in [0.5, 0.6) is 0 Å². The Morgan fingerprint density at radius 3 is 2.39 bits per heavy atom. The first-order valence-electron chi connectivity index (χ1n) is 5.08. The molecule has 0 saturated carbocycles. The van der Waals surface area contributed by atoms with Crippen LogP contribution in [0.1, 0.15) is 18.1 Å². The van der Waals surface area contributed by atoms with Crippen LogP contribution >= 0.6 is 0 Å². The summed E-state index contributed by atoms with van der Waals surface area (Å²) in [5.74, 6) is -1.77. The summed E-state index contributed by atoms with van der Waals surface area (Å²) >= 11 is 0. The Labute approximate surface area is 103 Å². The molecule has 1 rings (SSSR count). The zero-order valence-corrected chi connectivity index (χ0v) is 9.54. The molecule has 0 saturated heterocycles. The second-order valence-electron chi connectivity index (χ2n) is 3.23. The van der Waals surface area contributed by atoms with E-state index in [1.165, 1.54) is 31.2 Å². The normalized spacial score (nSPS) is 9.89. The number of alkyl halides is 2. The maximum absolute atomic E-state index is 13.1. The van der Waals surface area contributed by atoms with Crippen LogP contribution in [0.25, 0.3) is 0 Å². The van der Waals surface area contributed by atoms with Gasteiger partial charge in [-0.2, -0.15) is 14.0 Å². The highest BCUT2D eigenvalue weighted by atomic mass is 19.3. The average molecular weight is 249 g/mol. The summed E-state index contributed by atoms with van der Waals surface area (Å²) in [4.78, 5) is 10.9. The number of nitrogens with zero attached hydrogens (tertiary/aromatic N) is 1. The summed E-state index contributed by atoms with van der Waals surface area (Å²) in [6.45, 7) is 1.30. The Hall–Kier alpha value is -2.40. The molecule has 1 aromatic rings. The molecule has 0 radical (unpaired) electrons. The van der Waals surface area contributed by atoms with Crippen molar-refractivity contribution >= 4 is 5.97 Å².